The van der Waals surface area contributed by atoms with Crippen LogP contribution < -0.4 is 10.2 Å². The lowest BCUT2D eigenvalue weighted by atomic mass is 10.1. The van der Waals surface area contributed by atoms with Crippen molar-refractivity contribution in [3.8, 4) is 0 Å². The number of thiocarbonyl (C=S) groups is 1. The molecule has 2 heterocycles. The van der Waals surface area contributed by atoms with Crippen LogP contribution in [0, 0.1) is 0 Å². The van der Waals surface area contributed by atoms with Gasteiger partial charge in [0, 0.05) is 17.1 Å². The van der Waals surface area contributed by atoms with E-state index in [2.05, 4.69) is 5.32 Å². The van der Waals surface area contributed by atoms with Crippen LogP contribution in [0.3, 0.4) is 0 Å². The third-order valence-corrected chi connectivity index (χ3v) is 6.92. The van der Waals surface area contributed by atoms with E-state index in [0.29, 0.717) is 35.0 Å². The molecule has 0 bridgehead atoms. The molecule has 180 valence electrons. The Hall–Kier alpha value is -3.56. The number of hydrogen-bond donors (Lipinski definition) is 1. The van der Waals surface area contributed by atoms with Gasteiger partial charge in [0.05, 0.1) is 24.3 Å². The highest BCUT2D eigenvalue weighted by Gasteiger charge is 2.44. The van der Waals surface area contributed by atoms with Crippen molar-refractivity contribution in [2.45, 2.75) is 25.8 Å². The molecule has 2 amide bonds. The average Bonchev–Trinajstić information content (AvgIpc) is 3.45. The van der Waals surface area contributed by atoms with Gasteiger partial charge in [-0.1, -0.05) is 24.3 Å². The Balaban J connectivity index is 1.55. The van der Waals surface area contributed by atoms with Crippen molar-refractivity contribution in [2.24, 2.45) is 0 Å². The highest BCUT2D eigenvalue weighted by atomic mass is 32.1. The van der Waals surface area contributed by atoms with Crippen LogP contribution in [0.5, 0.6) is 0 Å². The number of anilines is 2. The zero-order valence-corrected chi connectivity index (χ0v) is 20.8. The Morgan fingerprint density at radius 1 is 1.06 bits per heavy atom. The summed E-state index contributed by atoms with van der Waals surface area (Å²) >= 11 is 7.35. The van der Waals surface area contributed by atoms with E-state index >= 15 is 0 Å². The normalized spacial score (nSPS) is 15.4. The third-order valence-electron chi connectivity index (χ3n) is 5.57. The monoisotopic (exact) mass is 507 g/mol. The fourth-order valence-electron chi connectivity index (χ4n) is 3.88. The van der Waals surface area contributed by atoms with Crippen molar-refractivity contribution in [1.82, 2.24) is 4.90 Å². The van der Waals surface area contributed by atoms with Gasteiger partial charge in [0.25, 0.3) is 5.91 Å². The quantitative estimate of drug-likeness (QED) is 0.339. The van der Waals surface area contributed by atoms with E-state index in [4.69, 9.17) is 17.0 Å². The van der Waals surface area contributed by atoms with Crippen LogP contribution in [-0.2, 0) is 20.7 Å². The highest BCUT2D eigenvalue weighted by molar-refractivity contribution is 7.80. The fraction of sp³-hybridized carbons (Fsp3) is 0.231. The predicted molar refractivity (Wildman–Crippen MR) is 141 cm³/mol. The topological polar surface area (TPSA) is 78.9 Å². The Bertz CT molecular complexity index is 1200. The van der Waals surface area contributed by atoms with E-state index in [1.807, 2.05) is 40.6 Å². The zero-order chi connectivity index (χ0) is 24.8. The summed E-state index contributed by atoms with van der Waals surface area (Å²) in [6.07, 6.45) is 0.674. The van der Waals surface area contributed by atoms with Crippen LogP contribution in [0.4, 0.5) is 11.4 Å². The number of carbonyl (C=O) groups is 3. The third kappa shape index (κ3) is 5.75. The van der Waals surface area contributed by atoms with E-state index in [-0.39, 0.29) is 24.8 Å². The molecular formula is C26H25N3O4S2. The summed E-state index contributed by atoms with van der Waals surface area (Å²) in [5, 5.41) is 5.20. The number of nitrogens with zero attached hydrogens (tertiary/aromatic N) is 2. The molecule has 1 saturated heterocycles. The molecular weight excluding hydrogens is 482 g/mol. The summed E-state index contributed by atoms with van der Waals surface area (Å²) in [4.78, 5) is 42.8. The summed E-state index contributed by atoms with van der Waals surface area (Å²) < 4.78 is 5.03. The van der Waals surface area contributed by atoms with Crippen molar-refractivity contribution < 1.29 is 19.1 Å². The summed E-state index contributed by atoms with van der Waals surface area (Å²) in [7, 11) is 0. The van der Waals surface area contributed by atoms with Gasteiger partial charge in [0.15, 0.2) is 5.11 Å². The summed E-state index contributed by atoms with van der Waals surface area (Å²) in [6, 6.07) is 19.0. The maximum Gasteiger partial charge on any atom is 0.338 e. The Morgan fingerprint density at radius 2 is 1.80 bits per heavy atom. The Kier molecular flexibility index (Phi) is 7.89. The van der Waals surface area contributed by atoms with Crippen molar-refractivity contribution in [1.29, 1.82) is 0 Å². The molecule has 1 aliphatic heterocycles. The van der Waals surface area contributed by atoms with Gasteiger partial charge < -0.3 is 15.0 Å². The molecule has 1 fully saturated rings. The molecule has 0 unspecified atom stereocenters. The molecule has 0 aliphatic carbocycles. The van der Waals surface area contributed by atoms with Crippen LogP contribution in [0.2, 0.25) is 0 Å². The molecule has 2 aromatic carbocycles. The maximum absolute atomic E-state index is 13.5. The Labute approximate surface area is 213 Å². The van der Waals surface area contributed by atoms with E-state index in [9.17, 15) is 14.4 Å². The second-order valence-corrected chi connectivity index (χ2v) is 9.28. The molecule has 3 aromatic rings. The van der Waals surface area contributed by atoms with Gasteiger partial charge in [-0.15, -0.1) is 11.3 Å². The van der Waals surface area contributed by atoms with Gasteiger partial charge in [-0.2, -0.15) is 0 Å². The van der Waals surface area contributed by atoms with Crippen LogP contribution >= 0.6 is 23.6 Å². The van der Waals surface area contributed by atoms with Gasteiger partial charge >= 0.3 is 5.97 Å². The number of benzene rings is 2. The van der Waals surface area contributed by atoms with Crippen molar-refractivity contribution in [3.63, 3.8) is 0 Å². The first-order valence-electron chi connectivity index (χ1n) is 11.3. The van der Waals surface area contributed by atoms with E-state index < -0.39 is 12.0 Å². The van der Waals surface area contributed by atoms with Crippen LogP contribution in [-0.4, -0.2) is 47.0 Å². The highest BCUT2D eigenvalue weighted by Crippen LogP contribution is 2.28. The zero-order valence-electron chi connectivity index (χ0n) is 19.2. The number of esters is 1. The molecule has 0 radical (unpaired) electrons. The van der Waals surface area contributed by atoms with Crippen molar-refractivity contribution in [2.75, 3.05) is 23.4 Å². The maximum atomic E-state index is 13.5. The largest absolute Gasteiger partial charge is 0.462 e. The number of hydrogen-bond acceptors (Lipinski definition) is 6. The lowest BCUT2D eigenvalue weighted by molar-refractivity contribution is -0.124. The number of thiophene rings is 1. The Morgan fingerprint density at radius 3 is 2.46 bits per heavy atom. The smallest absolute Gasteiger partial charge is 0.338 e. The summed E-state index contributed by atoms with van der Waals surface area (Å²) in [5.74, 6) is -0.964. The molecule has 1 aliphatic rings. The van der Waals surface area contributed by atoms with Gasteiger partial charge in [-0.05, 0) is 73.4 Å². The molecule has 1 aromatic heterocycles. The second kappa shape index (κ2) is 11.2. The lowest BCUT2D eigenvalue weighted by Gasteiger charge is -2.23. The van der Waals surface area contributed by atoms with Crippen LogP contribution in [0.1, 0.15) is 28.6 Å². The van der Waals surface area contributed by atoms with E-state index in [1.165, 1.54) is 9.78 Å². The lowest BCUT2D eigenvalue weighted by Crippen LogP contribution is -2.39. The molecule has 1 atom stereocenters. The standard InChI is InChI=1S/C26H25N3O4S2/c1-2-33-25(32)18-10-12-20(13-11-18)29-24(31)22(17-23(30)27-19-7-4-3-5-8-19)28(26(29)34)15-14-21-9-6-16-35-21/h3-13,16,22H,2,14-15,17H2,1H3,(H,27,30)/t22-/m1/s1. The average molecular weight is 508 g/mol. The molecule has 4 rings (SSSR count). The first-order chi connectivity index (χ1) is 17.0. The molecule has 35 heavy (non-hydrogen) atoms. The number of ether oxygens (including phenoxy) is 1. The molecule has 7 nitrogen and oxygen atoms in total. The first kappa shape index (κ1) is 24.6. The minimum absolute atomic E-state index is 0.0320. The van der Waals surface area contributed by atoms with Crippen LogP contribution in [0.15, 0.2) is 72.1 Å². The molecule has 0 saturated carbocycles. The SMILES string of the molecule is CCOC(=O)c1ccc(N2C(=O)[C@@H](CC(=O)Nc3ccccc3)N(CCc3cccs3)C2=S)cc1. The summed E-state index contributed by atoms with van der Waals surface area (Å²) in [5.41, 5.74) is 1.60. The van der Waals surface area contributed by atoms with Crippen LogP contribution in [0.25, 0.3) is 0 Å². The van der Waals surface area contributed by atoms with Gasteiger partial charge in [0.1, 0.15) is 6.04 Å². The van der Waals surface area contributed by atoms with Gasteiger partial charge in [-0.3, -0.25) is 14.5 Å². The molecule has 9 heteroatoms. The number of rotatable bonds is 9. The predicted octanol–water partition coefficient (Wildman–Crippen LogP) is 4.50. The van der Waals surface area contributed by atoms with Crippen molar-refractivity contribution in [3.05, 3.63) is 82.6 Å². The summed E-state index contributed by atoms with van der Waals surface area (Å²) in [6.45, 7) is 2.53. The van der Waals surface area contributed by atoms with Crippen molar-refractivity contribution >= 4 is 57.8 Å². The minimum Gasteiger partial charge on any atom is -0.462 e. The number of carbonyl (C=O) groups excluding carboxylic acids is 3. The van der Waals surface area contributed by atoms with Gasteiger partial charge in [-0.25, -0.2) is 4.79 Å². The molecule has 1 N–H and O–H groups in total. The fourth-order valence-corrected chi connectivity index (χ4v) is 4.99. The molecule has 0 spiro atoms. The number of amides is 2. The van der Waals surface area contributed by atoms with E-state index in [1.54, 1.807) is 54.7 Å². The van der Waals surface area contributed by atoms with Gasteiger partial charge in [0.2, 0.25) is 5.91 Å². The second-order valence-electron chi connectivity index (χ2n) is 7.88. The van der Waals surface area contributed by atoms with E-state index in [0.717, 1.165) is 0 Å². The number of para-hydroxylation sites is 1. The minimum atomic E-state index is -0.726. The first-order valence-corrected chi connectivity index (χ1v) is 12.6. The number of nitrogens with one attached hydrogen (secondary N) is 1.